The number of nitrogens with one attached hydrogen (secondary N) is 2. The minimum absolute atomic E-state index is 0.354. The highest BCUT2D eigenvalue weighted by Gasteiger charge is 2.44. The van der Waals surface area contributed by atoms with Crippen molar-refractivity contribution in [3.8, 4) is 0 Å². The molecule has 0 aliphatic carbocycles. The van der Waals surface area contributed by atoms with Crippen molar-refractivity contribution in [3.05, 3.63) is 321 Å². The summed E-state index contributed by atoms with van der Waals surface area (Å²) in [5.74, 6) is -88.7. The Morgan fingerprint density at radius 2 is 0.480 bits per heavy atom. The van der Waals surface area contributed by atoms with Crippen LogP contribution in [0.1, 0.15) is 50.7 Å². The Balaban J connectivity index is 1.22. The quantitative estimate of drug-likeness (QED) is 0.0971. The van der Waals surface area contributed by atoms with Gasteiger partial charge in [-0.15, -0.1) is 0 Å². The van der Waals surface area contributed by atoms with Crippen molar-refractivity contribution in [1.29, 1.82) is 0 Å². The van der Waals surface area contributed by atoms with Crippen molar-refractivity contribution in [1.82, 2.24) is 10.3 Å². The number of aromatic nitrogens is 1. The maximum atomic E-state index is 16.5. The number of H-pyrrole nitrogens is 1. The van der Waals surface area contributed by atoms with Gasteiger partial charge in [0.2, 0.25) is 34.9 Å². The Morgan fingerprint density at radius 1 is 0.235 bits per heavy atom. The molecule has 36 heteroatoms. The van der Waals surface area contributed by atoms with E-state index >= 15 is 105 Å². The average molecular weight is 1460 g/mol. The monoisotopic (exact) mass is 1460 g/mol. The van der Waals surface area contributed by atoms with Gasteiger partial charge in [-0.1, -0.05) is 6.08 Å². The molecule has 6 aromatic carbocycles. The van der Waals surface area contributed by atoms with Crippen molar-refractivity contribution in [3.63, 3.8) is 0 Å². The molecule has 6 aliphatic rings. The number of aromatic amines is 1. The molecule has 7 aromatic rings. The number of aliphatic imine (C=N–C) groups is 4. The van der Waals surface area contributed by atoms with E-state index in [0.29, 0.717) is 72.9 Å². The zero-order chi connectivity index (χ0) is 73.9. The SMILES string of the molecule is Fc1c(F)c(F)c(/C2=C3\C=CC(=N3)C(c3c(F)c(F)c(F)c(F)c3F)C3C=C/C(=C(\c4c(F)c(F)c(F)c(F)c4F)C4=N/C(=C(\c5c(F)c(F)c(F)c(F)c5F)C5=N/C(=C(/c6c(F)c(F)c(F)c(F)c6F)c6ccc([nH]6)/C(c6c(F)c(F)c(F)c(F)c6F)=C6/C=CC2=N6)C=C5)C=C4)N3)c(F)c1F. The first kappa shape index (κ1) is 68.9. The Labute approximate surface area is 544 Å². The van der Waals surface area contributed by atoms with Crippen molar-refractivity contribution < 1.29 is 132 Å². The second-order valence-electron chi connectivity index (χ2n) is 21.7. The van der Waals surface area contributed by atoms with E-state index < -0.39 is 310 Å². The Kier molecular flexibility index (Phi) is 16.6. The van der Waals surface area contributed by atoms with E-state index in [9.17, 15) is 26.3 Å². The summed E-state index contributed by atoms with van der Waals surface area (Å²) < 4.78 is 472. The van der Waals surface area contributed by atoms with Crippen LogP contribution in [0.15, 0.2) is 121 Å². The molecule has 0 spiro atoms. The predicted octanol–water partition coefficient (Wildman–Crippen LogP) is 18.3. The molecule has 12 bridgehead atoms. The third kappa shape index (κ3) is 10.1. The van der Waals surface area contributed by atoms with Crippen molar-refractivity contribution >= 4 is 50.7 Å². The third-order valence-corrected chi connectivity index (χ3v) is 16.2. The van der Waals surface area contributed by atoms with E-state index in [0.717, 1.165) is 0 Å². The summed E-state index contributed by atoms with van der Waals surface area (Å²) in [5, 5.41) is 2.20. The van der Waals surface area contributed by atoms with Gasteiger partial charge >= 0.3 is 0 Å². The number of hydrogen-bond acceptors (Lipinski definition) is 5. The maximum absolute atomic E-state index is 16.5. The molecule has 0 saturated carbocycles. The summed E-state index contributed by atoms with van der Waals surface area (Å²) in [6, 6.07) is -1.67. The number of nitrogens with zero attached hydrogens (tertiary/aromatic N) is 4. The van der Waals surface area contributed by atoms with Crippen molar-refractivity contribution in [2.75, 3.05) is 0 Å². The lowest BCUT2D eigenvalue weighted by Crippen LogP contribution is -2.35. The molecule has 520 valence electrons. The highest BCUT2D eigenvalue weighted by Crippen LogP contribution is 2.47. The number of fused-ring (bicyclic) bond motifs is 8. The molecule has 0 fully saturated rings. The number of halogens is 30. The van der Waals surface area contributed by atoms with Gasteiger partial charge in [-0.05, 0) is 66.8 Å². The highest BCUT2D eigenvalue weighted by molar-refractivity contribution is 6.36. The Bertz CT molecular complexity index is 5440. The molecule has 0 amide bonds. The summed E-state index contributed by atoms with van der Waals surface area (Å²) in [7, 11) is 0. The fourth-order valence-corrected chi connectivity index (χ4v) is 11.6. The van der Waals surface area contributed by atoms with Gasteiger partial charge in [0.15, 0.2) is 140 Å². The van der Waals surface area contributed by atoms with Crippen LogP contribution in [0.4, 0.5) is 132 Å². The van der Waals surface area contributed by atoms with Gasteiger partial charge in [0.1, 0.15) is 0 Å². The first-order chi connectivity index (χ1) is 48.1. The molecule has 2 atom stereocenters. The molecule has 102 heavy (non-hydrogen) atoms. The van der Waals surface area contributed by atoms with Gasteiger partial charge in [0.25, 0.3) is 0 Å². The molecule has 6 aliphatic heterocycles. The third-order valence-electron chi connectivity index (χ3n) is 16.2. The average Bonchev–Trinajstić information content (AvgIpc) is 1.52. The summed E-state index contributed by atoms with van der Waals surface area (Å²) in [6.45, 7) is 0. The van der Waals surface area contributed by atoms with Crippen LogP contribution in [0.25, 0.3) is 27.9 Å². The van der Waals surface area contributed by atoms with Gasteiger partial charge in [0, 0.05) is 50.5 Å². The van der Waals surface area contributed by atoms with Crippen LogP contribution >= 0.6 is 0 Å². The molecule has 6 nitrogen and oxygen atoms in total. The lowest BCUT2D eigenvalue weighted by molar-refractivity contribution is 0.366. The molecule has 2 unspecified atom stereocenters. The van der Waals surface area contributed by atoms with Crippen LogP contribution in [0.2, 0.25) is 0 Å². The molecule has 0 radical (unpaired) electrons. The zero-order valence-corrected chi connectivity index (χ0v) is 48.2. The van der Waals surface area contributed by atoms with Crippen LogP contribution in [0.5, 0.6) is 0 Å². The fourth-order valence-electron chi connectivity index (χ4n) is 11.6. The smallest absolute Gasteiger partial charge is 0.200 e. The second kappa shape index (κ2) is 24.6. The summed E-state index contributed by atoms with van der Waals surface area (Å²) in [5.41, 5.74) is -35.5. The number of rotatable bonds is 6. The first-order valence-electron chi connectivity index (χ1n) is 27.7. The molecule has 0 saturated heterocycles. The Hall–Kier alpha value is -11.6. The van der Waals surface area contributed by atoms with Gasteiger partial charge in [0.05, 0.1) is 85.4 Å². The summed E-state index contributed by atoms with van der Waals surface area (Å²) >= 11 is 0. The minimum atomic E-state index is -2.92. The van der Waals surface area contributed by atoms with E-state index in [1.165, 1.54) is 0 Å². The van der Waals surface area contributed by atoms with Gasteiger partial charge in [-0.2, -0.15) is 0 Å². The van der Waals surface area contributed by atoms with Crippen LogP contribution in [0, 0.1) is 175 Å². The fraction of sp³-hybridized carbons (Fsp3) is 0.0303. The number of benzene rings is 6. The largest absolute Gasteiger partial charge is 0.377 e. The molecule has 7 heterocycles. The van der Waals surface area contributed by atoms with E-state index in [1.807, 2.05) is 0 Å². The predicted molar refractivity (Wildman–Crippen MR) is 296 cm³/mol. The van der Waals surface area contributed by atoms with E-state index in [4.69, 9.17) is 0 Å². The van der Waals surface area contributed by atoms with Crippen LogP contribution in [-0.4, -0.2) is 33.9 Å². The maximum Gasteiger partial charge on any atom is 0.200 e. The minimum Gasteiger partial charge on any atom is -0.377 e. The topological polar surface area (TPSA) is 77.3 Å². The Morgan fingerprint density at radius 3 is 0.804 bits per heavy atom. The lowest BCUT2D eigenvalue weighted by atomic mass is 9.86. The first-order valence-corrected chi connectivity index (χ1v) is 27.7. The van der Waals surface area contributed by atoms with Crippen LogP contribution in [0.3, 0.4) is 0 Å². The van der Waals surface area contributed by atoms with Gasteiger partial charge < -0.3 is 10.3 Å². The van der Waals surface area contributed by atoms with Crippen LogP contribution in [-0.2, 0) is 0 Å². The highest BCUT2D eigenvalue weighted by atomic mass is 19.2. The second-order valence-corrected chi connectivity index (χ2v) is 21.7. The molecule has 2 N–H and O–H groups in total. The molecule has 13 rings (SSSR count). The molecular weight excluding hydrogens is 1450 g/mol. The summed E-state index contributed by atoms with van der Waals surface area (Å²) in [4.78, 5) is 17.7. The van der Waals surface area contributed by atoms with E-state index in [-0.39, 0.29) is 0 Å². The summed E-state index contributed by atoms with van der Waals surface area (Å²) in [6.07, 6.45) is 3.90. The number of allylic oxidation sites excluding steroid dienone is 12. The zero-order valence-electron chi connectivity index (χ0n) is 48.2. The van der Waals surface area contributed by atoms with E-state index in [1.54, 1.807) is 0 Å². The normalized spacial score (nSPS) is 20.8. The van der Waals surface area contributed by atoms with E-state index in [2.05, 4.69) is 30.3 Å². The standard InChI is InChI=1S/C66H16F30N6/c67-37-31(38(68)50(80)61(91)49(37)79)25-13-1-2-14(97-13)26(32-39(69)51(81)62(92)52(82)40(32)70)16-5-6-18(99-16)28(34-43(73)55(85)64(94)56(86)44(34)74)20-9-10-22(101-20)30(36-47(77)59(89)66(96)60(90)48(36)78)24-12-11-23(102-24)29(35-45(75)57(87)65(95)58(88)46(35)76)21-8-7-19(100-21)27(17-4-3-15(25)98-17)33-41(71)53(83)63(93)54(84)42(33)72/h1-13,25,97,102H/b26-14+,27-17+,28-18-,29-21+,30-22+. The van der Waals surface area contributed by atoms with Crippen LogP contribution < -0.4 is 5.32 Å². The van der Waals surface area contributed by atoms with Gasteiger partial charge in [-0.25, -0.2) is 147 Å². The van der Waals surface area contributed by atoms with Gasteiger partial charge in [-0.3, -0.25) is 4.99 Å². The lowest BCUT2D eigenvalue weighted by Gasteiger charge is -2.26. The van der Waals surface area contributed by atoms with Crippen molar-refractivity contribution in [2.45, 2.75) is 12.0 Å². The number of hydrogen-bond donors (Lipinski definition) is 2. The molecule has 1 aromatic heterocycles. The molecular formula is C66H16F30N6. The van der Waals surface area contributed by atoms with Crippen molar-refractivity contribution in [2.24, 2.45) is 20.0 Å².